The molecule has 1 saturated heterocycles. The number of carbonyl (C=O) groups is 1. The van der Waals surface area contributed by atoms with Crippen molar-refractivity contribution in [3.8, 4) is 11.5 Å². The Balaban J connectivity index is 1.72. The van der Waals surface area contributed by atoms with Crippen molar-refractivity contribution in [3.05, 3.63) is 22.7 Å². The van der Waals surface area contributed by atoms with Crippen LogP contribution in [-0.4, -0.2) is 41.8 Å². The number of carboxylic acids is 1. The minimum Gasteiger partial charge on any atom is -0.489 e. The number of nitrogens with zero attached hydrogens (tertiary/aromatic N) is 1. The summed E-state index contributed by atoms with van der Waals surface area (Å²) >= 11 is 6.34. The van der Waals surface area contributed by atoms with Gasteiger partial charge in [-0.1, -0.05) is 11.6 Å². The third kappa shape index (κ3) is 3.72. The van der Waals surface area contributed by atoms with E-state index in [0.717, 1.165) is 25.1 Å². The summed E-state index contributed by atoms with van der Waals surface area (Å²) < 4.78 is 11.4. The number of benzene rings is 1. The van der Waals surface area contributed by atoms with Gasteiger partial charge >= 0.3 is 5.97 Å². The maximum absolute atomic E-state index is 11.1. The fraction of sp³-hybridized carbons (Fsp3) is 0.588. The van der Waals surface area contributed by atoms with E-state index in [0.29, 0.717) is 42.6 Å². The number of likely N-dealkylation sites (tertiary alicyclic amines) is 1. The Hall–Kier alpha value is -1.46. The molecule has 0 radical (unpaired) electrons. The molecule has 5 nitrogen and oxygen atoms in total. The van der Waals surface area contributed by atoms with Crippen molar-refractivity contribution in [2.75, 3.05) is 19.8 Å². The molecule has 1 N–H and O–H groups in total. The summed E-state index contributed by atoms with van der Waals surface area (Å²) in [4.78, 5) is 13.4. The highest BCUT2D eigenvalue weighted by atomic mass is 35.5. The molecule has 3 rings (SSSR count). The number of piperidine rings is 1. The van der Waals surface area contributed by atoms with Gasteiger partial charge in [0.25, 0.3) is 0 Å². The zero-order valence-corrected chi connectivity index (χ0v) is 14.0. The largest absolute Gasteiger partial charge is 0.489 e. The Morgan fingerprint density at radius 2 is 2.17 bits per heavy atom. The van der Waals surface area contributed by atoms with Crippen molar-refractivity contribution in [1.82, 2.24) is 4.90 Å². The number of carboxylic acid groups (broad SMARTS) is 1. The summed E-state index contributed by atoms with van der Waals surface area (Å²) in [5.41, 5.74) is 1.07. The third-order valence-corrected chi connectivity index (χ3v) is 4.89. The molecule has 126 valence electrons. The minimum absolute atomic E-state index is 0.228. The number of halogens is 1. The summed E-state index contributed by atoms with van der Waals surface area (Å²) in [7, 11) is 0. The molecule has 0 saturated carbocycles. The van der Waals surface area contributed by atoms with Gasteiger partial charge in [-0.05, 0) is 44.0 Å². The summed E-state index contributed by atoms with van der Waals surface area (Å²) in [5, 5.41) is 9.74. The monoisotopic (exact) mass is 339 g/mol. The third-order valence-electron chi connectivity index (χ3n) is 4.61. The zero-order valence-electron chi connectivity index (χ0n) is 13.3. The molecule has 0 aliphatic carbocycles. The van der Waals surface area contributed by atoms with Crippen LogP contribution < -0.4 is 9.47 Å². The lowest BCUT2D eigenvalue weighted by Crippen LogP contribution is -2.42. The number of rotatable bonds is 3. The van der Waals surface area contributed by atoms with Crippen molar-refractivity contribution < 1.29 is 19.4 Å². The molecule has 23 heavy (non-hydrogen) atoms. The summed E-state index contributed by atoms with van der Waals surface area (Å²) in [6.07, 6.45) is 2.23. The maximum atomic E-state index is 11.1. The molecule has 2 aliphatic rings. The molecule has 0 amide bonds. The molecular weight excluding hydrogens is 318 g/mol. The zero-order chi connectivity index (χ0) is 16.4. The number of hydrogen-bond donors (Lipinski definition) is 1. The Kier molecular flexibility index (Phi) is 4.97. The van der Waals surface area contributed by atoms with Crippen LogP contribution in [-0.2, 0) is 11.3 Å². The Morgan fingerprint density at radius 3 is 2.91 bits per heavy atom. The van der Waals surface area contributed by atoms with Crippen LogP contribution in [0.25, 0.3) is 0 Å². The molecule has 2 atom stereocenters. The minimum atomic E-state index is -0.685. The molecule has 2 aliphatic heterocycles. The van der Waals surface area contributed by atoms with Gasteiger partial charge in [-0.3, -0.25) is 9.69 Å². The second kappa shape index (κ2) is 6.97. The average Bonchev–Trinajstić information content (AvgIpc) is 2.75. The normalized spacial score (nSPS) is 25.0. The number of fused-ring (bicyclic) bond motifs is 1. The summed E-state index contributed by atoms with van der Waals surface area (Å²) in [6.45, 7) is 4.85. The van der Waals surface area contributed by atoms with Crippen molar-refractivity contribution in [3.63, 3.8) is 0 Å². The number of hydrogen-bond acceptors (Lipinski definition) is 4. The van der Waals surface area contributed by atoms with Crippen molar-refractivity contribution in [2.24, 2.45) is 5.92 Å². The second-order valence-electron chi connectivity index (χ2n) is 6.33. The van der Waals surface area contributed by atoms with E-state index in [1.165, 1.54) is 0 Å². The lowest BCUT2D eigenvalue weighted by Gasteiger charge is -2.36. The van der Waals surface area contributed by atoms with Crippen molar-refractivity contribution in [2.45, 2.75) is 38.8 Å². The van der Waals surface area contributed by atoms with E-state index in [4.69, 9.17) is 26.2 Å². The van der Waals surface area contributed by atoms with Crippen LogP contribution in [0.15, 0.2) is 12.1 Å². The molecule has 0 aromatic heterocycles. The first-order valence-corrected chi connectivity index (χ1v) is 8.47. The molecule has 0 bridgehead atoms. The molecule has 0 unspecified atom stereocenters. The van der Waals surface area contributed by atoms with E-state index in [1.54, 1.807) is 0 Å². The van der Waals surface area contributed by atoms with Crippen LogP contribution in [0.4, 0.5) is 0 Å². The smallest absolute Gasteiger partial charge is 0.306 e. The molecule has 0 spiro atoms. The van der Waals surface area contributed by atoms with Gasteiger partial charge in [-0.25, -0.2) is 0 Å². The summed E-state index contributed by atoms with van der Waals surface area (Å²) in [5.74, 6) is 0.423. The fourth-order valence-electron chi connectivity index (χ4n) is 3.29. The molecule has 1 fully saturated rings. The van der Waals surface area contributed by atoms with E-state index >= 15 is 0 Å². The van der Waals surface area contributed by atoms with Gasteiger partial charge < -0.3 is 14.6 Å². The van der Waals surface area contributed by atoms with Crippen LogP contribution in [0, 0.1) is 5.92 Å². The Bertz CT molecular complexity index is 592. The van der Waals surface area contributed by atoms with Gasteiger partial charge in [0.15, 0.2) is 11.5 Å². The SMILES string of the molecule is C[C@@H]1C[C@H](C(=O)O)CCN1Cc1cc(Cl)c2c(c1)OCCCO2. The van der Waals surface area contributed by atoms with Crippen molar-refractivity contribution >= 4 is 17.6 Å². The molecule has 1 aromatic rings. The number of aliphatic carboxylic acids is 1. The van der Waals surface area contributed by atoms with E-state index in [9.17, 15) is 4.79 Å². The maximum Gasteiger partial charge on any atom is 0.306 e. The number of ether oxygens (including phenoxy) is 2. The predicted octanol–water partition coefficient (Wildman–Crippen LogP) is 3.19. The van der Waals surface area contributed by atoms with Crippen LogP contribution >= 0.6 is 11.6 Å². The van der Waals surface area contributed by atoms with E-state index < -0.39 is 5.97 Å². The molecule has 2 heterocycles. The van der Waals surface area contributed by atoms with Crippen LogP contribution in [0.1, 0.15) is 31.7 Å². The Morgan fingerprint density at radius 1 is 1.39 bits per heavy atom. The summed E-state index contributed by atoms with van der Waals surface area (Å²) in [6, 6.07) is 4.15. The van der Waals surface area contributed by atoms with Crippen LogP contribution in [0.2, 0.25) is 5.02 Å². The molecular formula is C17H22ClNO4. The fourth-order valence-corrected chi connectivity index (χ4v) is 3.58. The van der Waals surface area contributed by atoms with Gasteiger partial charge in [0.2, 0.25) is 0 Å². The van der Waals surface area contributed by atoms with Crippen molar-refractivity contribution in [1.29, 1.82) is 0 Å². The van der Waals surface area contributed by atoms with Gasteiger partial charge in [0.1, 0.15) is 0 Å². The standard InChI is InChI=1S/C17H22ClNO4/c1-11-7-13(17(20)21)3-4-19(11)10-12-8-14(18)16-15(9-12)22-5-2-6-23-16/h8-9,11,13H,2-7,10H2,1H3,(H,20,21)/t11-,13-/m1/s1. The van der Waals surface area contributed by atoms with Crippen LogP contribution in [0.5, 0.6) is 11.5 Å². The highest BCUT2D eigenvalue weighted by molar-refractivity contribution is 6.32. The lowest BCUT2D eigenvalue weighted by atomic mass is 9.91. The first kappa shape index (κ1) is 16.4. The van der Waals surface area contributed by atoms with Gasteiger partial charge in [0, 0.05) is 19.0 Å². The van der Waals surface area contributed by atoms with E-state index in [2.05, 4.69) is 11.8 Å². The second-order valence-corrected chi connectivity index (χ2v) is 6.74. The highest BCUT2D eigenvalue weighted by Gasteiger charge is 2.29. The van der Waals surface area contributed by atoms with E-state index in [-0.39, 0.29) is 12.0 Å². The first-order chi connectivity index (χ1) is 11.0. The average molecular weight is 340 g/mol. The lowest BCUT2D eigenvalue weighted by molar-refractivity contribution is -0.144. The molecule has 1 aromatic carbocycles. The van der Waals surface area contributed by atoms with Gasteiger partial charge in [-0.2, -0.15) is 0 Å². The van der Waals surface area contributed by atoms with E-state index in [1.807, 2.05) is 12.1 Å². The first-order valence-electron chi connectivity index (χ1n) is 8.09. The molecule has 6 heteroatoms. The Labute approximate surface area is 141 Å². The highest BCUT2D eigenvalue weighted by Crippen LogP contribution is 2.38. The van der Waals surface area contributed by atoms with Gasteiger partial charge in [-0.15, -0.1) is 0 Å². The van der Waals surface area contributed by atoms with Crippen LogP contribution in [0.3, 0.4) is 0 Å². The van der Waals surface area contributed by atoms with Gasteiger partial charge in [0.05, 0.1) is 24.2 Å². The quantitative estimate of drug-likeness (QED) is 0.916. The predicted molar refractivity (Wildman–Crippen MR) is 87.3 cm³/mol. The topological polar surface area (TPSA) is 59.0 Å².